The van der Waals surface area contributed by atoms with Gasteiger partial charge in [-0.25, -0.2) is 0 Å². The molecule has 2 aromatic rings. The minimum atomic E-state index is 0.131. The lowest BCUT2D eigenvalue weighted by Crippen LogP contribution is -2.41. The molecule has 0 spiro atoms. The zero-order valence-electron chi connectivity index (χ0n) is 14.1. The third kappa shape index (κ3) is 3.29. The quantitative estimate of drug-likeness (QED) is 0.911. The molecule has 23 heavy (non-hydrogen) atoms. The van der Waals surface area contributed by atoms with Crippen LogP contribution in [0.15, 0.2) is 42.5 Å². The first-order valence-electron chi connectivity index (χ1n) is 8.41. The fourth-order valence-electron chi connectivity index (χ4n) is 3.35. The first kappa shape index (κ1) is 15.7. The van der Waals surface area contributed by atoms with Crippen LogP contribution < -0.4 is 9.64 Å². The molecular formula is C20H25NO2. The molecule has 1 atom stereocenters. The summed E-state index contributed by atoms with van der Waals surface area (Å²) in [7, 11) is 0. The van der Waals surface area contributed by atoms with Crippen LogP contribution in [0.1, 0.15) is 37.8 Å². The molecule has 1 aliphatic heterocycles. The average molecular weight is 311 g/mol. The summed E-state index contributed by atoms with van der Waals surface area (Å²) in [5.41, 5.74) is 3.75. The van der Waals surface area contributed by atoms with E-state index >= 15 is 0 Å². The summed E-state index contributed by atoms with van der Waals surface area (Å²) in [5, 5.41) is 9.72. The smallest absolute Gasteiger partial charge is 0.143 e. The van der Waals surface area contributed by atoms with Crippen LogP contribution in [0.4, 0.5) is 5.69 Å². The van der Waals surface area contributed by atoms with Crippen LogP contribution in [0.2, 0.25) is 0 Å². The summed E-state index contributed by atoms with van der Waals surface area (Å²) >= 11 is 0. The number of fused-ring (bicyclic) bond motifs is 1. The molecule has 0 fully saturated rings. The summed E-state index contributed by atoms with van der Waals surface area (Å²) in [6.07, 6.45) is 1.04. The van der Waals surface area contributed by atoms with Gasteiger partial charge in [0.1, 0.15) is 17.6 Å². The van der Waals surface area contributed by atoms with Gasteiger partial charge in [0.15, 0.2) is 0 Å². The third-order valence-electron chi connectivity index (χ3n) is 4.51. The monoisotopic (exact) mass is 311 g/mol. The maximum Gasteiger partial charge on any atom is 0.143 e. The molecule has 0 saturated heterocycles. The Labute approximate surface area is 138 Å². The fraction of sp³-hybridized carbons (Fsp3) is 0.400. The van der Waals surface area contributed by atoms with E-state index in [1.807, 2.05) is 6.07 Å². The van der Waals surface area contributed by atoms with Gasteiger partial charge in [0.05, 0.1) is 12.2 Å². The molecule has 1 heterocycles. The second-order valence-electron chi connectivity index (χ2n) is 6.49. The third-order valence-corrected chi connectivity index (χ3v) is 4.51. The Kier molecular flexibility index (Phi) is 4.46. The van der Waals surface area contributed by atoms with Gasteiger partial charge in [0.25, 0.3) is 0 Å². The van der Waals surface area contributed by atoms with Crippen molar-refractivity contribution >= 4 is 5.69 Å². The van der Waals surface area contributed by atoms with Crippen LogP contribution in [0.3, 0.4) is 0 Å². The minimum Gasteiger partial charge on any atom is -0.508 e. The van der Waals surface area contributed by atoms with Crippen molar-refractivity contribution in [3.05, 3.63) is 53.6 Å². The number of benzene rings is 2. The van der Waals surface area contributed by atoms with Gasteiger partial charge >= 0.3 is 0 Å². The van der Waals surface area contributed by atoms with Gasteiger partial charge in [-0.1, -0.05) is 38.1 Å². The maximum absolute atomic E-state index is 9.72. The molecule has 2 aromatic carbocycles. The summed E-state index contributed by atoms with van der Waals surface area (Å²) in [4.78, 5) is 2.28. The highest BCUT2D eigenvalue weighted by Crippen LogP contribution is 2.37. The molecule has 3 nitrogen and oxygen atoms in total. The number of phenols is 1. The van der Waals surface area contributed by atoms with E-state index in [4.69, 9.17) is 4.74 Å². The number of ether oxygens (including phenoxy) is 1. The largest absolute Gasteiger partial charge is 0.508 e. The number of rotatable bonds is 4. The second kappa shape index (κ2) is 6.53. The van der Waals surface area contributed by atoms with E-state index in [9.17, 15) is 5.11 Å². The molecule has 1 aliphatic rings. The number of phenolic OH excluding ortho intramolecular Hbond substituents is 1. The Morgan fingerprint density at radius 1 is 1.22 bits per heavy atom. The van der Waals surface area contributed by atoms with Gasteiger partial charge in [-0.15, -0.1) is 0 Å². The van der Waals surface area contributed by atoms with E-state index in [-0.39, 0.29) is 11.9 Å². The molecule has 0 bridgehead atoms. The van der Waals surface area contributed by atoms with Gasteiger partial charge < -0.3 is 14.7 Å². The van der Waals surface area contributed by atoms with E-state index in [1.165, 1.54) is 11.1 Å². The minimum absolute atomic E-state index is 0.131. The van der Waals surface area contributed by atoms with Crippen LogP contribution >= 0.6 is 0 Å². The van der Waals surface area contributed by atoms with Crippen LogP contribution in [0.5, 0.6) is 11.5 Å². The molecule has 0 aromatic heterocycles. The average Bonchev–Trinajstić information content (AvgIpc) is 2.54. The molecule has 0 amide bonds. The van der Waals surface area contributed by atoms with Gasteiger partial charge in [-0.05, 0) is 36.1 Å². The first-order chi connectivity index (χ1) is 11.1. The number of aromatic hydroxyl groups is 1. The molecular weight excluding hydrogens is 286 g/mol. The Hall–Kier alpha value is -2.16. The highest BCUT2D eigenvalue weighted by atomic mass is 16.5. The number of hydrogen-bond donors (Lipinski definition) is 1. The molecule has 1 N–H and O–H groups in total. The molecule has 0 aliphatic carbocycles. The number of anilines is 1. The molecule has 3 rings (SSSR count). The number of nitrogens with zero attached hydrogens (tertiary/aromatic N) is 1. The van der Waals surface area contributed by atoms with E-state index in [0.717, 1.165) is 30.9 Å². The standard InChI is InChI=1S/C20H25NO2/c1-4-21-13-17(23-20-10-9-16(22)12-19(20)21)11-15-7-5-6-8-18(15)14(2)3/h5-10,12,14,17,22H,4,11,13H2,1-3H3. The fourth-order valence-corrected chi connectivity index (χ4v) is 3.35. The lowest BCUT2D eigenvalue weighted by atomic mass is 9.93. The lowest BCUT2D eigenvalue weighted by molar-refractivity contribution is 0.193. The highest BCUT2D eigenvalue weighted by molar-refractivity contribution is 5.63. The number of hydrogen-bond acceptors (Lipinski definition) is 3. The summed E-state index contributed by atoms with van der Waals surface area (Å²) in [6, 6.07) is 14.0. The van der Waals surface area contributed by atoms with Crippen LogP contribution in [0, 0.1) is 0 Å². The SMILES string of the molecule is CCN1CC(Cc2ccccc2C(C)C)Oc2ccc(O)cc21. The van der Waals surface area contributed by atoms with Gasteiger partial charge in [0, 0.05) is 19.0 Å². The summed E-state index contributed by atoms with van der Waals surface area (Å²) in [6.45, 7) is 8.35. The Bertz CT molecular complexity index is 681. The van der Waals surface area contributed by atoms with Crippen molar-refractivity contribution < 1.29 is 9.84 Å². The van der Waals surface area contributed by atoms with Crippen molar-refractivity contribution in [2.75, 3.05) is 18.0 Å². The topological polar surface area (TPSA) is 32.7 Å². The van der Waals surface area contributed by atoms with Crippen molar-refractivity contribution in [3.8, 4) is 11.5 Å². The van der Waals surface area contributed by atoms with E-state index in [0.29, 0.717) is 5.92 Å². The number of likely N-dealkylation sites (N-methyl/N-ethyl adjacent to an activating group) is 1. The molecule has 0 radical (unpaired) electrons. The van der Waals surface area contributed by atoms with E-state index in [1.54, 1.807) is 12.1 Å². The Morgan fingerprint density at radius 2 is 2.00 bits per heavy atom. The van der Waals surface area contributed by atoms with Gasteiger partial charge in [0.2, 0.25) is 0 Å². The zero-order valence-corrected chi connectivity index (χ0v) is 14.1. The normalized spacial score (nSPS) is 17.0. The maximum atomic E-state index is 9.72. The lowest BCUT2D eigenvalue weighted by Gasteiger charge is -2.36. The second-order valence-corrected chi connectivity index (χ2v) is 6.49. The Morgan fingerprint density at radius 3 is 2.74 bits per heavy atom. The molecule has 122 valence electrons. The van der Waals surface area contributed by atoms with Gasteiger partial charge in [-0.3, -0.25) is 0 Å². The van der Waals surface area contributed by atoms with Crippen molar-refractivity contribution in [3.63, 3.8) is 0 Å². The van der Waals surface area contributed by atoms with Crippen molar-refractivity contribution in [2.45, 2.75) is 39.2 Å². The molecule has 0 saturated carbocycles. The summed E-state index contributed by atoms with van der Waals surface area (Å²) < 4.78 is 6.20. The molecule has 1 unspecified atom stereocenters. The van der Waals surface area contributed by atoms with Gasteiger partial charge in [-0.2, -0.15) is 0 Å². The molecule has 3 heteroatoms. The van der Waals surface area contributed by atoms with E-state index in [2.05, 4.69) is 49.9 Å². The zero-order chi connectivity index (χ0) is 16.4. The van der Waals surface area contributed by atoms with Crippen molar-refractivity contribution in [1.29, 1.82) is 0 Å². The predicted octanol–water partition coefficient (Wildman–Crippen LogP) is 4.35. The van der Waals surface area contributed by atoms with Crippen LogP contribution in [0.25, 0.3) is 0 Å². The predicted molar refractivity (Wildman–Crippen MR) is 94.6 cm³/mol. The van der Waals surface area contributed by atoms with Crippen LogP contribution in [-0.2, 0) is 6.42 Å². The Balaban J connectivity index is 1.85. The van der Waals surface area contributed by atoms with Crippen molar-refractivity contribution in [2.24, 2.45) is 0 Å². The van der Waals surface area contributed by atoms with Crippen LogP contribution in [-0.4, -0.2) is 24.3 Å². The van der Waals surface area contributed by atoms with E-state index < -0.39 is 0 Å². The summed E-state index contributed by atoms with van der Waals surface area (Å²) in [5.74, 6) is 1.67. The van der Waals surface area contributed by atoms with Crippen molar-refractivity contribution in [1.82, 2.24) is 0 Å². The first-order valence-corrected chi connectivity index (χ1v) is 8.41. The highest BCUT2D eigenvalue weighted by Gasteiger charge is 2.26.